The molecule has 0 fully saturated rings. The molecule has 0 saturated carbocycles. The lowest BCUT2D eigenvalue weighted by atomic mass is 10.3. The van der Waals surface area contributed by atoms with Gasteiger partial charge in [0.05, 0.1) is 26.4 Å². The minimum absolute atomic E-state index is 0.0569. The predicted molar refractivity (Wildman–Crippen MR) is 141 cm³/mol. The Morgan fingerprint density at radius 1 is 1.24 bits per heavy atom. The number of methoxy groups -OCH3 is 1. The number of halogens is 1. The number of benzene rings is 1. The van der Waals surface area contributed by atoms with Crippen molar-refractivity contribution in [2.45, 2.75) is 39.9 Å². The summed E-state index contributed by atoms with van der Waals surface area (Å²) in [6, 6.07) is 5.62. The number of nitrogens with one attached hydrogen (secondary N) is 1. The molecule has 38 heavy (non-hydrogen) atoms. The molecule has 208 valence electrons. The summed E-state index contributed by atoms with van der Waals surface area (Å²) in [4.78, 5) is 32.4. The van der Waals surface area contributed by atoms with Crippen LogP contribution in [0.4, 0.5) is 11.6 Å². The van der Waals surface area contributed by atoms with Crippen LogP contribution in [0.2, 0.25) is 5.15 Å². The first-order valence-corrected chi connectivity index (χ1v) is 14.2. The van der Waals surface area contributed by atoms with Crippen LogP contribution in [0.5, 0.6) is 5.75 Å². The molecular weight excluding hydrogens is 537 g/mol. The molecule has 0 spiro atoms. The van der Waals surface area contributed by atoms with Crippen molar-refractivity contribution < 1.29 is 32.8 Å². The fourth-order valence-corrected chi connectivity index (χ4v) is 5.16. The third kappa shape index (κ3) is 7.12. The summed E-state index contributed by atoms with van der Waals surface area (Å²) in [7, 11) is -2.22. The van der Waals surface area contributed by atoms with Gasteiger partial charge in [0.1, 0.15) is 26.4 Å². The van der Waals surface area contributed by atoms with Gasteiger partial charge in [-0.25, -0.2) is 19.1 Å². The maximum absolute atomic E-state index is 12.8. The van der Waals surface area contributed by atoms with E-state index < -0.39 is 13.5 Å². The molecule has 0 saturated heterocycles. The van der Waals surface area contributed by atoms with Gasteiger partial charge in [0, 0.05) is 19.3 Å². The Labute approximate surface area is 225 Å². The SMILES string of the molecule is CCOP(=O)([O-])CCCOc1ccc2c(c1)n(CC)c(CNC(=O)c1nc(Cl)c(N)nc1N)[n+]2CCOC. The second-order valence-electron chi connectivity index (χ2n) is 8.23. The van der Waals surface area contributed by atoms with Crippen LogP contribution in [0.1, 0.15) is 36.6 Å². The Balaban J connectivity index is 1.84. The fourth-order valence-electron chi connectivity index (χ4n) is 4.00. The van der Waals surface area contributed by atoms with Crippen LogP contribution in [-0.4, -0.2) is 53.5 Å². The molecule has 0 aliphatic carbocycles. The van der Waals surface area contributed by atoms with Gasteiger partial charge < -0.3 is 40.2 Å². The summed E-state index contributed by atoms with van der Waals surface area (Å²) < 4.78 is 31.7. The van der Waals surface area contributed by atoms with Crippen LogP contribution in [-0.2, 0) is 33.5 Å². The largest absolute Gasteiger partial charge is 0.778 e. The van der Waals surface area contributed by atoms with E-state index in [-0.39, 0.29) is 48.4 Å². The van der Waals surface area contributed by atoms with Crippen LogP contribution in [0.15, 0.2) is 18.2 Å². The number of imidazole rings is 1. The molecule has 2 heterocycles. The van der Waals surface area contributed by atoms with E-state index in [1.54, 1.807) is 14.0 Å². The topological polar surface area (TPSA) is 184 Å². The first-order chi connectivity index (χ1) is 18.1. The number of carbonyl (C=O) groups excluding carboxylic acids is 1. The number of hydrogen-bond acceptors (Lipinski definition) is 10. The summed E-state index contributed by atoms with van der Waals surface area (Å²) in [6.45, 7) is 5.71. The average Bonchev–Trinajstić information content (AvgIpc) is 3.17. The van der Waals surface area contributed by atoms with Crippen molar-refractivity contribution in [2.75, 3.05) is 44.6 Å². The number of carbonyl (C=O) groups is 1. The van der Waals surface area contributed by atoms with E-state index in [4.69, 9.17) is 37.1 Å². The second-order valence-corrected chi connectivity index (χ2v) is 10.5. The van der Waals surface area contributed by atoms with Gasteiger partial charge in [-0.2, -0.15) is 0 Å². The van der Waals surface area contributed by atoms with Crippen molar-refractivity contribution in [3.8, 4) is 5.75 Å². The minimum atomic E-state index is -3.84. The maximum Gasteiger partial charge on any atom is 0.277 e. The third-order valence-electron chi connectivity index (χ3n) is 5.68. The minimum Gasteiger partial charge on any atom is -0.778 e. The highest BCUT2D eigenvalue weighted by Crippen LogP contribution is 2.37. The molecule has 15 heteroatoms. The van der Waals surface area contributed by atoms with Crippen molar-refractivity contribution >= 4 is 47.8 Å². The molecule has 1 unspecified atom stereocenters. The Bertz CT molecular complexity index is 1340. The summed E-state index contributed by atoms with van der Waals surface area (Å²) in [5, 5.41) is 2.73. The van der Waals surface area contributed by atoms with Gasteiger partial charge in [-0.3, -0.25) is 4.79 Å². The molecule has 1 aromatic carbocycles. The highest BCUT2D eigenvalue weighted by molar-refractivity contribution is 7.51. The van der Waals surface area contributed by atoms with Gasteiger partial charge in [0.15, 0.2) is 33.5 Å². The molecule has 0 bridgehead atoms. The normalized spacial score (nSPS) is 13.0. The van der Waals surface area contributed by atoms with Gasteiger partial charge in [-0.05, 0) is 32.4 Å². The van der Waals surface area contributed by atoms with Crippen LogP contribution >= 0.6 is 19.2 Å². The number of nitrogen functional groups attached to an aromatic ring is 2. The number of hydrogen-bond donors (Lipinski definition) is 3. The number of fused-ring (bicyclic) bond motifs is 1. The summed E-state index contributed by atoms with van der Waals surface area (Å²) in [5.41, 5.74) is 13.1. The predicted octanol–water partition coefficient (Wildman–Crippen LogP) is 1.49. The van der Waals surface area contributed by atoms with E-state index in [0.29, 0.717) is 31.9 Å². The van der Waals surface area contributed by atoms with E-state index in [1.165, 1.54) is 0 Å². The monoisotopic (exact) mass is 569 g/mol. The average molecular weight is 570 g/mol. The number of nitrogens with two attached hydrogens (primary N) is 2. The van der Waals surface area contributed by atoms with Crippen LogP contribution in [0, 0.1) is 0 Å². The number of anilines is 2. The molecule has 3 rings (SSSR count). The van der Waals surface area contributed by atoms with Gasteiger partial charge in [0.2, 0.25) is 0 Å². The van der Waals surface area contributed by atoms with Crippen molar-refractivity contribution in [1.82, 2.24) is 19.9 Å². The summed E-state index contributed by atoms with van der Waals surface area (Å²) >= 11 is 5.92. The standard InChI is InChI=1S/C23H33ClN7O6P/c1-4-30-17-13-15(36-10-6-12-38(33,34)37-5-2)7-8-16(17)31(9-11-35-3)18(30)14-27-23(32)19-21(25)29-22(26)20(24)28-19/h7-8,13H,4-6,9-12,14H2,1-3H3,(H5-,25,26,27,29,32,33,34). The number of aryl methyl sites for hydroxylation is 1. The van der Waals surface area contributed by atoms with Crippen molar-refractivity contribution in [1.29, 1.82) is 0 Å². The molecule has 13 nitrogen and oxygen atoms in total. The van der Waals surface area contributed by atoms with Crippen molar-refractivity contribution in [2.24, 2.45) is 0 Å². The van der Waals surface area contributed by atoms with E-state index >= 15 is 0 Å². The molecule has 2 aromatic heterocycles. The number of nitrogens with zero attached hydrogens (tertiary/aromatic N) is 4. The lowest BCUT2D eigenvalue weighted by molar-refractivity contribution is -0.681. The van der Waals surface area contributed by atoms with Gasteiger partial charge in [-0.15, -0.1) is 0 Å². The zero-order valence-electron chi connectivity index (χ0n) is 21.6. The van der Waals surface area contributed by atoms with Gasteiger partial charge in [-0.1, -0.05) is 11.6 Å². The first-order valence-electron chi connectivity index (χ1n) is 12.1. The van der Waals surface area contributed by atoms with Gasteiger partial charge in [0.25, 0.3) is 11.7 Å². The Morgan fingerprint density at radius 3 is 2.68 bits per heavy atom. The quantitative estimate of drug-likeness (QED) is 0.146. The molecule has 0 aliphatic heterocycles. The second kappa shape index (κ2) is 13.2. The Hall–Kier alpha value is -2.96. The number of ether oxygens (including phenoxy) is 2. The lowest BCUT2D eigenvalue weighted by Crippen LogP contribution is -2.42. The number of aromatic nitrogens is 4. The van der Waals surface area contributed by atoms with Gasteiger partial charge >= 0.3 is 0 Å². The maximum atomic E-state index is 12.8. The molecule has 1 atom stereocenters. The lowest BCUT2D eigenvalue weighted by Gasteiger charge is -2.22. The van der Waals surface area contributed by atoms with E-state index in [0.717, 1.165) is 16.9 Å². The van der Waals surface area contributed by atoms with E-state index in [1.807, 2.05) is 34.3 Å². The van der Waals surface area contributed by atoms with E-state index in [2.05, 4.69) is 15.3 Å². The summed E-state index contributed by atoms with van der Waals surface area (Å²) in [5.74, 6) is 0.676. The zero-order valence-corrected chi connectivity index (χ0v) is 23.3. The Morgan fingerprint density at radius 2 is 2.00 bits per heavy atom. The fraction of sp³-hybridized carbons (Fsp3) is 0.478. The number of rotatable bonds is 14. The first kappa shape index (κ1) is 29.6. The Kier molecular flexibility index (Phi) is 10.3. The third-order valence-corrected chi connectivity index (χ3v) is 7.48. The van der Waals surface area contributed by atoms with Crippen LogP contribution in [0.3, 0.4) is 0 Å². The van der Waals surface area contributed by atoms with Crippen molar-refractivity contribution in [3.05, 3.63) is 34.9 Å². The smallest absolute Gasteiger partial charge is 0.277 e. The number of amides is 1. The van der Waals surface area contributed by atoms with Crippen molar-refractivity contribution in [3.63, 3.8) is 0 Å². The molecule has 0 aliphatic rings. The highest BCUT2D eigenvalue weighted by atomic mass is 35.5. The van der Waals surface area contributed by atoms with Crippen LogP contribution in [0.25, 0.3) is 11.0 Å². The molecule has 3 aromatic rings. The summed E-state index contributed by atoms with van der Waals surface area (Å²) in [6.07, 6.45) is 0.212. The molecule has 0 radical (unpaired) electrons. The highest BCUT2D eigenvalue weighted by Gasteiger charge is 2.26. The molecule has 1 amide bonds. The molecule has 5 N–H and O–H groups in total. The zero-order chi connectivity index (χ0) is 27.9. The van der Waals surface area contributed by atoms with E-state index in [9.17, 15) is 14.3 Å². The molecular formula is C23H33ClN7O6P. The van der Waals surface area contributed by atoms with Crippen LogP contribution < -0.4 is 31.0 Å².